The molecular formula is C16H19N7O. The summed E-state index contributed by atoms with van der Waals surface area (Å²) >= 11 is 0. The predicted molar refractivity (Wildman–Crippen MR) is 91.5 cm³/mol. The van der Waals surface area contributed by atoms with Crippen LogP contribution >= 0.6 is 0 Å². The van der Waals surface area contributed by atoms with Gasteiger partial charge in [-0.05, 0) is 12.1 Å². The first-order valence-electron chi connectivity index (χ1n) is 7.62. The third-order valence-electron chi connectivity index (χ3n) is 3.81. The van der Waals surface area contributed by atoms with E-state index in [1.165, 1.54) is 0 Å². The molecule has 0 aliphatic heterocycles. The summed E-state index contributed by atoms with van der Waals surface area (Å²) in [7, 11) is 5.38. The average Bonchev–Trinajstić information content (AvgIpc) is 3.00. The van der Waals surface area contributed by atoms with Gasteiger partial charge in [-0.1, -0.05) is 0 Å². The van der Waals surface area contributed by atoms with E-state index in [4.69, 9.17) is 0 Å². The molecule has 0 fully saturated rings. The molecule has 0 saturated heterocycles. The van der Waals surface area contributed by atoms with Crippen molar-refractivity contribution in [2.75, 3.05) is 25.5 Å². The first kappa shape index (κ1) is 15.9. The Morgan fingerprint density at radius 1 is 1.33 bits per heavy atom. The Hall–Kier alpha value is -3.03. The van der Waals surface area contributed by atoms with Crippen LogP contribution < -0.4 is 10.2 Å². The van der Waals surface area contributed by atoms with E-state index in [1.54, 1.807) is 30.3 Å². The zero-order valence-corrected chi connectivity index (χ0v) is 13.9. The van der Waals surface area contributed by atoms with Crippen molar-refractivity contribution < 1.29 is 4.79 Å². The fourth-order valence-corrected chi connectivity index (χ4v) is 2.42. The molecule has 124 valence electrons. The summed E-state index contributed by atoms with van der Waals surface area (Å²) in [5, 5.41) is 7.76. The van der Waals surface area contributed by atoms with Crippen LogP contribution in [0.25, 0.3) is 22.4 Å². The predicted octanol–water partition coefficient (Wildman–Crippen LogP) is 0.998. The molecule has 0 atom stereocenters. The minimum absolute atomic E-state index is 0.00850. The fourth-order valence-electron chi connectivity index (χ4n) is 2.42. The summed E-state index contributed by atoms with van der Waals surface area (Å²) in [6.07, 6.45) is 5.57. The summed E-state index contributed by atoms with van der Waals surface area (Å²) < 4.78 is 1.72. The van der Waals surface area contributed by atoms with Crippen LogP contribution in [-0.2, 0) is 11.8 Å². The van der Waals surface area contributed by atoms with E-state index < -0.39 is 0 Å². The SMILES string of the molecule is CNC(=O)CCN(C)c1nc(-c2cccnc2)nc2c1cnn2C. The van der Waals surface area contributed by atoms with Crippen LogP contribution in [0.15, 0.2) is 30.7 Å². The number of carbonyl (C=O) groups is 1. The van der Waals surface area contributed by atoms with Gasteiger partial charge in [-0.15, -0.1) is 0 Å². The summed E-state index contributed by atoms with van der Waals surface area (Å²) in [6, 6.07) is 3.76. The minimum Gasteiger partial charge on any atom is -0.359 e. The number of nitrogens with zero attached hydrogens (tertiary/aromatic N) is 6. The number of fused-ring (bicyclic) bond motifs is 1. The number of aryl methyl sites for hydroxylation is 1. The Balaban J connectivity index is 2.04. The average molecular weight is 325 g/mol. The highest BCUT2D eigenvalue weighted by Crippen LogP contribution is 2.26. The van der Waals surface area contributed by atoms with E-state index in [-0.39, 0.29) is 5.91 Å². The van der Waals surface area contributed by atoms with Crippen molar-refractivity contribution in [1.82, 2.24) is 30.0 Å². The van der Waals surface area contributed by atoms with Gasteiger partial charge in [-0.2, -0.15) is 5.10 Å². The van der Waals surface area contributed by atoms with Gasteiger partial charge in [0.15, 0.2) is 11.5 Å². The van der Waals surface area contributed by atoms with Gasteiger partial charge < -0.3 is 10.2 Å². The van der Waals surface area contributed by atoms with Gasteiger partial charge in [0.2, 0.25) is 5.91 Å². The van der Waals surface area contributed by atoms with Gasteiger partial charge >= 0.3 is 0 Å². The van der Waals surface area contributed by atoms with E-state index in [0.29, 0.717) is 18.8 Å². The standard InChI is InChI=1S/C16H19N7O/c1-17-13(24)6-8-22(2)15-12-10-19-23(3)16(12)21-14(20-15)11-5-4-7-18-9-11/h4-5,7,9-10H,6,8H2,1-3H3,(H,17,24). The Morgan fingerprint density at radius 3 is 2.88 bits per heavy atom. The molecular weight excluding hydrogens is 306 g/mol. The number of nitrogens with one attached hydrogen (secondary N) is 1. The zero-order chi connectivity index (χ0) is 17.1. The van der Waals surface area contributed by atoms with Crippen LogP contribution in [0.5, 0.6) is 0 Å². The van der Waals surface area contributed by atoms with Gasteiger partial charge in [0.05, 0.1) is 11.6 Å². The van der Waals surface area contributed by atoms with E-state index in [9.17, 15) is 4.79 Å². The van der Waals surface area contributed by atoms with Crippen molar-refractivity contribution in [3.05, 3.63) is 30.7 Å². The lowest BCUT2D eigenvalue weighted by molar-refractivity contribution is -0.120. The highest BCUT2D eigenvalue weighted by atomic mass is 16.1. The molecule has 0 bridgehead atoms. The Bertz CT molecular complexity index is 859. The van der Waals surface area contributed by atoms with Gasteiger partial charge in [0, 0.05) is 52.1 Å². The molecule has 1 N–H and O–H groups in total. The molecule has 0 saturated carbocycles. The maximum absolute atomic E-state index is 11.5. The van der Waals surface area contributed by atoms with Crippen LogP contribution in [0.2, 0.25) is 0 Å². The lowest BCUT2D eigenvalue weighted by Crippen LogP contribution is -2.27. The van der Waals surface area contributed by atoms with Crippen molar-refractivity contribution >= 4 is 22.8 Å². The maximum Gasteiger partial charge on any atom is 0.221 e. The van der Waals surface area contributed by atoms with Crippen molar-refractivity contribution in [2.45, 2.75) is 6.42 Å². The second kappa shape index (κ2) is 6.61. The zero-order valence-electron chi connectivity index (χ0n) is 13.9. The normalized spacial score (nSPS) is 10.8. The van der Waals surface area contributed by atoms with Gasteiger partial charge in [-0.25, -0.2) is 9.97 Å². The molecule has 3 aromatic rings. The number of amides is 1. The van der Waals surface area contributed by atoms with Crippen LogP contribution in [-0.4, -0.2) is 51.3 Å². The molecule has 0 radical (unpaired) electrons. The summed E-state index contributed by atoms with van der Waals surface area (Å²) in [4.78, 5) is 26.9. The quantitative estimate of drug-likeness (QED) is 0.753. The molecule has 0 aliphatic carbocycles. The first-order valence-corrected chi connectivity index (χ1v) is 7.62. The van der Waals surface area contributed by atoms with Crippen LogP contribution in [0, 0.1) is 0 Å². The molecule has 0 unspecified atom stereocenters. The topological polar surface area (TPSA) is 88.8 Å². The second-order valence-electron chi connectivity index (χ2n) is 5.46. The summed E-state index contributed by atoms with van der Waals surface area (Å²) in [5.74, 6) is 1.32. The largest absolute Gasteiger partial charge is 0.359 e. The van der Waals surface area contributed by atoms with Crippen LogP contribution in [0.3, 0.4) is 0 Å². The first-order chi connectivity index (χ1) is 11.6. The van der Waals surface area contributed by atoms with E-state index in [0.717, 1.165) is 22.4 Å². The molecule has 0 aromatic carbocycles. The van der Waals surface area contributed by atoms with E-state index >= 15 is 0 Å². The third kappa shape index (κ3) is 3.03. The number of rotatable bonds is 5. The van der Waals surface area contributed by atoms with Gasteiger partial charge in [0.1, 0.15) is 5.82 Å². The molecule has 8 nitrogen and oxygen atoms in total. The highest BCUT2D eigenvalue weighted by Gasteiger charge is 2.16. The van der Waals surface area contributed by atoms with Gasteiger partial charge in [-0.3, -0.25) is 14.5 Å². The Labute approximate surface area is 139 Å². The smallest absolute Gasteiger partial charge is 0.221 e. The molecule has 0 aliphatic rings. The molecule has 3 aromatic heterocycles. The minimum atomic E-state index is -0.00850. The summed E-state index contributed by atoms with van der Waals surface area (Å²) in [5.41, 5.74) is 1.58. The van der Waals surface area contributed by atoms with Crippen molar-refractivity contribution in [1.29, 1.82) is 0 Å². The van der Waals surface area contributed by atoms with Crippen molar-refractivity contribution in [2.24, 2.45) is 7.05 Å². The molecule has 1 amide bonds. The molecule has 0 spiro atoms. The third-order valence-corrected chi connectivity index (χ3v) is 3.81. The number of anilines is 1. The van der Waals surface area contributed by atoms with Crippen LogP contribution in [0.4, 0.5) is 5.82 Å². The number of aromatic nitrogens is 5. The Kier molecular flexibility index (Phi) is 4.37. The monoisotopic (exact) mass is 325 g/mol. The number of pyridine rings is 1. The van der Waals surface area contributed by atoms with Crippen LogP contribution in [0.1, 0.15) is 6.42 Å². The molecule has 3 rings (SSSR count). The molecule has 3 heterocycles. The second-order valence-corrected chi connectivity index (χ2v) is 5.46. The number of hydrogen-bond donors (Lipinski definition) is 1. The summed E-state index contributed by atoms with van der Waals surface area (Å²) in [6.45, 7) is 0.549. The highest BCUT2D eigenvalue weighted by molar-refractivity contribution is 5.88. The Morgan fingerprint density at radius 2 is 2.17 bits per heavy atom. The van der Waals surface area contributed by atoms with Crippen molar-refractivity contribution in [3.63, 3.8) is 0 Å². The number of hydrogen-bond acceptors (Lipinski definition) is 6. The molecule has 8 heteroatoms. The fraction of sp³-hybridized carbons (Fsp3) is 0.312. The lowest BCUT2D eigenvalue weighted by Gasteiger charge is -2.19. The molecule has 24 heavy (non-hydrogen) atoms. The number of carbonyl (C=O) groups excluding carboxylic acids is 1. The van der Waals surface area contributed by atoms with E-state index in [2.05, 4.69) is 25.4 Å². The van der Waals surface area contributed by atoms with Gasteiger partial charge in [0.25, 0.3) is 0 Å². The maximum atomic E-state index is 11.5. The lowest BCUT2D eigenvalue weighted by atomic mass is 10.2. The van der Waals surface area contributed by atoms with Crippen molar-refractivity contribution in [3.8, 4) is 11.4 Å². The van der Waals surface area contributed by atoms with E-state index in [1.807, 2.05) is 31.1 Å².